The van der Waals surface area contributed by atoms with E-state index in [1.54, 1.807) is 17.7 Å². The Hall–Kier alpha value is -1.97. The van der Waals surface area contributed by atoms with Crippen molar-refractivity contribution < 1.29 is 14.6 Å². The maximum atomic E-state index is 11.2. The Kier molecular flexibility index (Phi) is 2.79. The molecule has 0 unspecified atom stereocenters. The Morgan fingerprint density at radius 1 is 1.47 bits per heavy atom. The number of carbonyl (C=O) groups is 1. The van der Waals surface area contributed by atoms with E-state index in [1.807, 2.05) is 26.0 Å². The molecule has 0 saturated heterocycles. The minimum absolute atomic E-state index is 0.301. The zero-order valence-electron chi connectivity index (χ0n) is 10.2. The van der Waals surface area contributed by atoms with Gasteiger partial charge in [0.1, 0.15) is 11.4 Å². The van der Waals surface area contributed by atoms with E-state index < -0.39 is 5.97 Å². The van der Waals surface area contributed by atoms with Crippen LogP contribution in [-0.2, 0) is 6.54 Å². The highest BCUT2D eigenvalue weighted by Crippen LogP contribution is 2.31. The van der Waals surface area contributed by atoms with E-state index in [2.05, 4.69) is 0 Å². The highest BCUT2D eigenvalue weighted by molar-refractivity contribution is 5.98. The van der Waals surface area contributed by atoms with Crippen LogP contribution in [0.4, 0.5) is 0 Å². The monoisotopic (exact) mass is 233 g/mol. The second kappa shape index (κ2) is 4.13. The van der Waals surface area contributed by atoms with E-state index in [0.717, 1.165) is 16.5 Å². The van der Waals surface area contributed by atoms with E-state index >= 15 is 0 Å². The number of aromatic carboxylic acids is 1. The summed E-state index contributed by atoms with van der Waals surface area (Å²) in [4.78, 5) is 11.2. The van der Waals surface area contributed by atoms with Crippen molar-refractivity contribution in [3.63, 3.8) is 0 Å². The molecule has 90 valence electrons. The van der Waals surface area contributed by atoms with Crippen LogP contribution in [0.3, 0.4) is 0 Å². The molecule has 1 heterocycles. The second-order valence-electron chi connectivity index (χ2n) is 3.93. The molecule has 4 nitrogen and oxygen atoms in total. The largest absolute Gasteiger partial charge is 0.496 e. The Balaban J connectivity index is 2.89. The summed E-state index contributed by atoms with van der Waals surface area (Å²) in [6.07, 6.45) is 0. The molecule has 4 heteroatoms. The lowest BCUT2D eigenvalue weighted by Gasteiger charge is -2.08. The number of ether oxygens (including phenoxy) is 1. The summed E-state index contributed by atoms with van der Waals surface area (Å²) in [5, 5.41) is 10.0. The molecule has 0 bridgehead atoms. The van der Waals surface area contributed by atoms with Crippen LogP contribution in [-0.4, -0.2) is 22.8 Å². The third kappa shape index (κ3) is 1.65. The molecule has 17 heavy (non-hydrogen) atoms. The highest BCUT2D eigenvalue weighted by Gasteiger charge is 2.17. The number of fused-ring (bicyclic) bond motifs is 1. The molecule has 0 amide bonds. The van der Waals surface area contributed by atoms with Crippen molar-refractivity contribution in [2.75, 3.05) is 7.11 Å². The Morgan fingerprint density at radius 2 is 2.18 bits per heavy atom. The van der Waals surface area contributed by atoms with Crippen LogP contribution in [0.15, 0.2) is 18.2 Å². The van der Waals surface area contributed by atoms with E-state index in [4.69, 9.17) is 4.74 Å². The molecule has 0 aliphatic carbocycles. The second-order valence-corrected chi connectivity index (χ2v) is 3.93. The topological polar surface area (TPSA) is 51.5 Å². The van der Waals surface area contributed by atoms with E-state index in [-0.39, 0.29) is 0 Å². The Morgan fingerprint density at radius 3 is 2.71 bits per heavy atom. The van der Waals surface area contributed by atoms with Crippen LogP contribution in [0, 0.1) is 6.92 Å². The molecule has 0 radical (unpaired) electrons. The van der Waals surface area contributed by atoms with Crippen molar-refractivity contribution in [1.82, 2.24) is 4.57 Å². The molecule has 0 aliphatic rings. The summed E-state index contributed by atoms with van der Waals surface area (Å²) >= 11 is 0. The maximum absolute atomic E-state index is 11.2. The van der Waals surface area contributed by atoms with Gasteiger partial charge in [-0.3, -0.25) is 0 Å². The predicted octanol–water partition coefficient (Wildman–Crippen LogP) is 2.68. The van der Waals surface area contributed by atoms with E-state index in [0.29, 0.717) is 18.0 Å². The highest BCUT2D eigenvalue weighted by atomic mass is 16.5. The molecular weight excluding hydrogens is 218 g/mol. The number of methoxy groups -OCH3 is 1. The van der Waals surface area contributed by atoms with Crippen LogP contribution >= 0.6 is 0 Å². The molecule has 1 N–H and O–H groups in total. The minimum atomic E-state index is -0.912. The molecule has 0 saturated carbocycles. The first-order valence-corrected chi connectivity index (χ1v) is 5.50. The van der Waals surface area contributed by atoms with Crippen LogP contribution < -0.4 is 4.74 Å². The SMILES string of the molecule is CCn1c(C(=O)O)cc2c(OC)ccc(C)c21. The van der Waals surface area contributed by atoms with Gasteiger partial charge < -0.3 is 14.4 Å². The molecule has 0 spiro atoms. The van der Waals surface area contributed by atoms with Crippen LogP contribution in [0.5, 0.6) is 5.75 Å². The van der Waals surface area contributed by atoms with E-state index in [9.17, 15) is 9.90 Å². The van der Waals surface area contributed by atoms with E-state index in [1.165, 1.54) is 0 Å². The first kappa shape index (κ1) is 11.5. The van der Waals surface area contributed by atoms with Gasteiger partial charge in [0, 0.05) is 11.9 Å². The van der Waals surface area contributed by atoms with Crippen molar-refractivity contribution in [2.24, 2.45) is 0 Å². The minimum Gasteiger partial charge on any atom is -0.496 e. The van der Waals surface area contributed by atoms with Crippen molar-refractivity contribution in [3.8, 4) is 5.75 Å². The van der Waals surface area contributed by atoms with Crippen molar-refractivity contribution in [1.29, 1.82) is 0 Å². The Labute approximate surface area is 99.4 Å². The first-order chi connectivity index (χ1) is 8.10. The number of hydrogen-bond acceptors (Lipinski definition) is 2. The summed E-state index contributed by atoms with van der Waals surface area (Å²) < 4.78 is 7.07. The smallest absolute Gasteiger partial charge is 0.352 e. The molecule has 2 rings (SSSR count). The fraction of sp³-hybridized carbons (Fsp3) is 0.308. The van der Waals surface area contributed by atoms with Gasteiger partial charge in [-0.05, 0) is 31.5 Å². The van der Waals surface area contributed by atoms with Gasteiger partial charge in [0.25, 0.3) is 0 Å². The lowest BCUT2D eigenvalue weighted by Crippen LogP contribution is -2.07. The zero-order valence-corrected chi connectivity index (χ0v) is 10.2. The summed E-state index contributed by atoms with van der Waals surface area (Å²) in [6, 6.07) is 5.48. The number of hydrogen-bond donors (Lipinski definition) is 1. The molecule has 0 aliphatic heterocycles. The maximum Gasteiger partial charge on any atom is 0.352 e. The quantitative estimate of drug-likeness (QED) is 0.886. The normalized spacial score (nSPS) is 10.8. The van der Waals surface area contributed by atoms with Gasteiger partial charge in [-0.25, -0.2) is 4.79 Å². The summed E-state index contributed by atoms with van der Waals surface area (Å²) in [5.74, 6) is -0.204. The van der Waals surface area contributed by atoms with Crippen LogP contribution in [0.2, 0.25) is 0 Å². The number of rotatable bonds is 3. The van der Waals surface area contributed by atoms with Gasteiger partial charge in [0.05, 0.1) is 12.6 Å². The standard InChI is InChI=1S/C13H15NO3/c1-4-14-10(13(15)16)7-9-11(17-3)6-5-8(2)12(9)14/h5-7H,4H2,1-3H3,(H,15,16). The van der Waals surface area contributed by atoms with Gasteiger partial charge >= 0.3 is 5.97 Å². The average molecular weight is 233 g/mol. The number of benzene rings is 1. The van der Waals surface area contributed by atoms with Crippen molar-refractivity contribution in [2.45, 2.75) is 20.4 Å². The molecule has 2 aromatic rings. The summed E-state index contributed by atoms with van der Waals surface area (Å²) in [5.41, 5.74) is 2.29. The number of nitrogens with zero attached hydrogens (tertiary/aromatic N) is 1. The van der Waals surface area contributed by atoms with Gasteiger partial charge in [0.15, 0.2) is 0 Å². The van der Waals surface area contributed by atoms with Crippen LogP contribution in [0.25, 0.3) is 10.9 Å². The fourth-order valence-electron chi connectivity index (χ4n) is 2.22. The average Bonchev–Trinajstić information content (AvgIpc) is 2.70. The Bertz CT molecular complexity index is 584. The number of carboxylic acid groups (broad SMARTS) is 1. The first-order valence-electron chi connectivity index (χ1n) is 5.50. The van der Waals surface area contributed by atoms with Gasteiger partial charge in [-0.1, -0.05) is 6.07 Å². The van der Waals surface area contributed by atoms with Crippen LogP contribution in [0.1, 0.15) is 23.0 Å². The number of aromatic nitrogens is 1. The molecular formula is C13H15NO3. The zero-order chi connectivity index (χ0) is 12.6. The fourth-order valence-corrected chi connectivity index (χ4v) is 2.22. The van der Waals surface area contributed by atoms with Gasteiger partial charge in [0.2, 0.25) is 0 Å². The number of aryl methyl sites for hydroxylation is 2. The lowest BCUT2D eigenvalue weighted by atomic mass is 10.1. The molecule has 1 aromatic carbocycles. The molecule has 0 fully saturated rings. The third-order valence-corrected chi connectivity index (χ3v) is 2.98. The predicted molar refractivity (Wildman–Crippen MR) is 65.9 cm³/mol. The summed E-state index contributed by atoms with van der Waals surface area (Å²) in [7, 11) is 1.59. The lowest BCUT2D eigenvalue weighted by molar-refractivity contribution is 0.0686. The molecule has 1 aromatic heterocycles. The number of carboxylic acids is 1. The molecule has 0 atom stereocenters. The van der Waals surface area contributed by atoms with Gasteiger partial charge in [-0.2, -0.15) is 0 Å². The third-order valence-electron chi connectivity index (χ3n) is 2.98. The van der Waals surface area contributed by atoms with Gasteiger partial charge in [-0.15, -0.1) is 0 Å². The van der Waals surface area contributed by atoms with Crippen molar-refractivity contribution >= 4 is 16.9 Å². The summed E-state index contributed by atoms with van der Waals surface area (Å²) in [6.45, 7) is 4.53. The van der Waals surface area contributed by atoms with Crippen molar-refractivity contribution in [3.05, 3.63) is 29.5 Å².